The van der Waals surface area contributed by atoms with Gasteiger partial charge in [0.2, 0.25) is 5.91 Å². The largest absolute Gasteiger partial charge is 0.332 e. The number of halogens is 2. The molecule has 0 unspecified atom stereocenters. The molecule has 1 heterocycles. The second-order valence-electron chi connectivity index (χ2n) is 8.00. The Balaban J connectivity index is 0.00000210. The Morgan fingerprint density at radius 1 is 1.07 bits per heavy atom. The lowest BCUT2D eigenvalue weighted by Gasteiger charge is -2.37. The summed E-state index contributed by atoms with van der Waals surface area (Å²) in [5.74, 6) is 0.189. The number of aromatic nitrogens is 1. The summed E-state index contributed by atoms with van der Waals surface area (Å²) in [7, 11) is 0. The van der Waals surface area contributed by atoms with Crippen molar-refractivity contribution in [2.24, 2.45) is 11.1 Å². The lowest BCUT2D eigenvalue weighted by molar-refractivity contribution is -0.135. The molecule has 160 valence electrons. The number of nitrogens with zero attached hydrogens (tertiary/aromatic N) is 2. The van der Waals surface area contributed by atoms with Gasteiger partial charge in [-0.3, -0.25) is 9.78 Å². The third kappa shape index (κ3) is 7.29. The number of pyridine rings is 1. The van der Waals surface area contributed by atoms with E-state index >= 15 is 0 Å². The second-order valence-corrected chi connectivity index (χ2v) is 8.00. The summed E-state index contributed by atoms with van der Waals surface area (Å²) in [6.07, 6.45) is 8.09. The number of hydrogen-bond acceptors (Lipinski definition) is 3. The molecule has 2 aromatic rings. The Kier molecular flexibility index (Phi) is 10.7. The molecule has 29 heavy (non-hydrogen) atoms. The molecule has 1 fully saturated rings. The first-order valence-electron chi connectivity index (χ1n) is 10.0. The van der Waals surface area contributed by atoms with Crippen molar-refractivity contribution in [3.05, 3.63) is 65.5 Å². The van der Waals surface area contributed by atoms with Crippen molar-refractivity contribution < 1.29 is 4.79 Å². The molecule has 0 radical (unpaired) electrons. The van der Waals surface area contributed by atoms with Crippen LogP contribution in [0.4, 0.5) is 0 Å². The van der Waals surface area contributed by atoms with Gasteiger partial charge in [0.25, 0.3) is 0 Å². The van der Waals surface area contributed by atoms with Gasteiger partial charge in [0.1, 0.15) is 0 Å². The number of aryl methyl sites for hydroxylation is 1. The van der Waals surface area contributed by atoms with Crippen molar-refractivity contribution in [2.45, 2.75) is 58.5 Å². The lowest BCUT2D eigenvalue weighted by Crippen LogP contribution is -2.40. The van der Waals surface area contributed by atoms with Gasteiger partial charge in [0.15, 0.2) is 0 Å². The molecule has 1 amide bonds. The van der Waals surface area contributed by atoms with Crippen molar-refractivity contribution in [2.75, 3.05) is 6.54 Å². The number of nitrogens with two attached hydrogens (primary N) is 1. The minimum absolute atomic E-state index is 0. The van der Waals surface area contributed by atoms with Crippen LogP contribution in [-0.2, 0) is 17.9 Å². The average Bonchev–Trinajstić information content (AvgIpc) is 2.69. The van der Waals surface area contributed by atoms with Crippen molar-refractivity contribution in [3.8, 4) is 0 Å². The first kappa shape index (κ1) is 25.4. The predicted molar refractivity (Wildman–Crippen MR) is 123 cm³/mol. The third-order valence-electron chi connectivity index (χ3n) is 5.76. The zero-order valence-electron chi connectivity index (χ0n) is 17.2. The van der Waals surface area contributed by atoms with Crippen LogP contribution in [0.5, 0.6) is 0 Å². The monoisotopic (exact) mass is 437 g/mol. The summed E-state index contributed by atoms with van der Waals surface area (Å²) < 4.78 is 0. The number of carbonyl (C=O) groups excluding carboxylic acids is 1. The highest BCUT2D eigenvalue weighted by atomic mass is 35.5. The summed E-state index contributed by atoms with van der Waals surface area (Å²) in [4.78, 5) is 19.7. The normalized spacial score (nSPS) is 15.0. The number of benzene rings is 1. The maximum Gasteiger partial charge on any atom is 0.223 e. The Bertz CT molecular complexity index is 749. The molecular formula is C23H33Cl2N3O. The minimum atomic E-state index is -0.0235. The summed E-state index contributed by atoms with van der Waals surface area (Å²) in [6, 6.07) is 14.2. The number of amides is 1. The van der Waals surface area contributed by atoms with E-state index in [1.54, 1.807) is 6.20 Å². The van der Waals surface area contributed by atoms with Crippen LogP contribution in [0, 0.1) is 12.3 Å². The molecule has 0 bridgehead atoms. The number of carbonyl (C=O) groups is 1. The summed E-state index contributed by atoms with van der Waals surface area (Å²) in [5, 5.41) is 0. The van der Waals surface area contributed by atoms with Gasteiger partial charge in [0.05, 0.1) is 12.2 Å². The molecule has 0 aliphatic heterocycles. The van der Waals surface area contributed by atoms with Crippen LogP contribution in [-0.4, -0.2) is 22.3 Å². The van der Waals surface area contributed by atoms with E-state index in [1.165, 1.54) is 24.8 Å². The summed E-state index contributed by atoms with van der Waals surface area (Å²) in [6.45, 7) is 3.83. The summed E-state index contributed by atoms with van der Waals surface area (Å²) >= 11 is 0. The zero-order chi connectivity index (χ0) is 19.1. The molecule has 2 N–H and O–H groups in total. The molecule has 6 heteroatoms. The molecule has 3 rings (SSSR count). The van der Waals surface area contributed by atoms with Crippen LogP contribution >= 0.6 is 24.8 Å². The van der Waals surface area contributed by atoms with E-state index in [4.69, 9.17) is 5.73 Å². The van der Waals surface area contributed by atoms with E-state index in [-0.39, 0.29) is 36.1 Å². The van der Waals surface area contributed by atoms with Gasteiger partial charge in [-0.1, -0.05) is 55.2 Å². The van der Waals surface area contributed by atoms with Gasteiger partial charge in [-0.15, -0.1) is 24.8 Å². The van der Waals surface area contributed by atoms with Crippen molar-refractivity contribution in [3.63, 3.8) is 0 Å². The smallest absolute Gasteiger partial charge is 0.223 e. The average molecular weight is 438 g/mol. The molecule has 0 spiro atoms. The molecule has 1 aromatic heterocycles. The number of hydrogen-bond donors (Lipinski definition) is 1. The molecule has 0 saturated heterocycles. The fraction of sp³-hybridized carbons (Fsp3) is 0.478. The van der Waals surface area contributed by atoms with Crippen LogP contribution in [0.3, 0.4) is 0 Å². The van der Waals surface area contributed by atoms with Gasteiger partial charge in [-0.25, -0.2) is 0 Å². The quantitative estimate of drug-likeness (QED) is 0.657. The van der Waals surface area contributed by atoms with Crippen molar-refractivity contribution in [1.82, 2.24) is 9.88 Å². The molecule has 1 saturated carbocycles. The van der Waals surface area contributed by atoms with E-state index in [2.05, 4.69) is 36.2 Å². The van der Waals surface area contributed by atoms with Gasteiger partial charge < -0.3 is 10.6 Å². The van der Waals surface area contributed by atoms with Crippen LogP contribution in [0.15, 0.2) is 48.7 Å². The van der Waals surface area contributed by atoms with Gasteiger partial charge in [-0.2, -0.15) is 0 Å². The first-order chi connectivity index (χ1) is 13.1. The highest BCUT2D eigenvalue weighted by Crippen LogP contribution is 2.39. The van der Waals surface area contributed by atoms with E-state index in [0.29, 0.717) is 26.1 Å². The molecule has 4 nitrogen and oxygen atoms in total. The molecule has 1 aromatic carbocycles. The van der Waals surface area contributed by atoms with Crippen LogP contribution in [0.2, 0.25) is 0 Å². The third-order valence-corrected chi connectivity index (χ3v) is 5.76. The topological polar surface area (TPSA) is 59.2 Å². The van der Waals surface area contributed by atoms with E-state index < -0.39 is 0 Å². The van der Waals surface area contributed by atoms with Crippen molar-refractivity contribution >= 4 is 30.7 Å². The van der Waals surface area contributed by atoms with Crippen LogP contribution in [0.25, 0.3) is 0 Å². The van der Waals surface area contributed by atoms with E-state index in [1.807, 2.05) is 23.1 Å². The fourth-order valence-corrected chi connectivity index (χ4v) is 4.14. The van der Waals surface area contributed by atoms with Gasteiger partial charge >= 0.3 is 0 Å². The molecule has 1 aliphatic carbocycles. The highest BCUT2D eigenvalue weighted by Gasteiger charge is 2.34. The maximum absolute atomic E-state index is 13.3. The fourth-order valence-electron chi connectivity index (χ4n) is 4.14. The Hall–Kier alpha value is -1.62. The number of rotatable bonds is 7. The second kappa shape index (κ2) is 12.2. The Morgan fingerprint density at radius 3 is 2.45 bits per heavy atom. The predicted octanol–water partition coefficient (Wildman–Crippen LogP) is 5.06. The SMILES string of the molecule is Cc1cccc(CN(Cc2ccccn2)C(=O)CC2(CN)CCCCC2)c1.Cl.Cl. The minimum Gasteiger partial charge on any atom is -0.332 e. The van der Waals surface area contributed by atoms with Gasteiger partial charge in [0, 0.05) is 19.2 Å². The van der Waals surface area contributed by atoms with Crippen LogP contribution in [0.1, 0.15) is 55.3 Å². The van der Waals surface area contributed by atoms with Gasteiger partial charge in [-0.05, 0) is 49.4 Å². The summed E-state index contributed by atoms with van der Waals surface area (Å²) in [5.41, 5.74) is 9.39. The molecule has 0 atom stereocenters. The Morgan fingerprint density at radius 2 is 1.83 bits per heavy atom. The molecule has 1 aliphatic rings. The van der Waals surface area contributed by atoms with Crippen molar-refractivity contribution in [1.29, 1.82) is 0 Å². The first-order valence-corrected chi connectivity index (χ1v) is 10.0. The lowest BCUT2D eigenvalue weighted by atomic mass is 9.71. The van der Waals surface area contributed by atoms with E-state index in [9.17, 15) is 4.79 Å². The van der Waals surface area contributed by atoms with E-state index in [0.717, 1.165) is 24.1 Å². The standard InChI is InChI=1S/C23H31N3O.2ClH/c1-19-8-7-9-20(14-19)16-26(17-21-10-3-6-13-25-21)22(27)15-23(18-24)11-4-2-5-12-23;;/h3,6-10,13-14H,2,4-5,11-12,15-18,24H2,1H3;2*1H. The Labute approximate surface area is 187 Å². The van der Waals surface area contributed by atoms with Crippen LogP contribution < -0.4 is 5.73 Å². The maximum atomic E-state index is 13.3. The molecular weight excluding hydrogens is 405 g/mol. The zero-order valence-corrected chi connectivity index (χ0v) is 18.8. The highest BCUT2D eigenvalue weighted by molar-refractivity contribution is 5.85.